The SMILES string of the molecule is c1ccc2c(CC3CCCN3c3ccc4nncn4n3)cccc2c1. The summed E-state index contributed by atoms with van der Waals surface area (Å²) >= 11 is 0. The van der Waals surface area contributed by atoms with Gasteiger partial charge in [-0.3, -0.25) is 0 Å². The number of hydrogen-bond donors (Lipinski definition) is 0. The van der Waals surface area contributed by atoms with E-state index < -0.39 is 0 Å². The molecule has 124 valence electrons. The van der Waals surface area contributed by atoms with Crippen molar-refractivity contribution in [3.8, 4) is 0 Å². The molecule has 3 heterocycles. The quantitative estimate of drug-likeness (QED) is 0.577. The van der Waals surface area contributed by atoms with Gasteiger partial charge in [-0.05, 0) is 47.7 Å². The first-order chi connectivity index (χ1) is 12.4. The van der Waals surface area contributed by atoms with E-state index in [1.807, 2.05) is 6.07 Å². The second-order valence-corrected chi connectivity index (χ2v) is 6.66. The van der Waals surface area contributed by atoms with Gasteiger partial charge in [-0.25, -0.2) is 0 Å². The molecule has 1 fully saturated rings. The van der Waals surface area contributed by atoms with E-state index in [1.54, 1.807) is 10.8 Å². The van der Waals surface area contributed by atoms with Crippen LogP contribution < -0.4 is 4.90 Å². The first kappa shape index (κ1) is 14.4. The van der Waals surface area contributed by atoms with Gasteiger partial charge in [-0.15, -0.1) is 15.3 Å². The highest BCUT2D eigenvalue weighted by Crippen LogP contribution is 2.28. The summed E-state index contributed by atoms with van der Waals surface area (Å²) in [5, 5.41) is 15.3. The number of aromatic nitrogens is 4. The molecule has 0 saturated carbocycles. The molecular weight excluding hydrogens is 310 g/mol. The largest absolute Gasteiger partial charge is 0.352 e. The molecule has 1 aliphatic heterocycles. The van der Waals surface area contributed by atoms with Crippen LogP contribution in [-0.4, -0.2) is 32.4 Å². The van der Waals surface area contributed by atoms with Gasteiger partial charge in [0.25, 0.3) is 0 Å². The van der Waals surface area contributed by atoms with E-state index in [0.717, 1.165) is 24.4 Å². The van der Waals surface area contributed by atoms with Crippen LogP contribution in [0.4, 0.5) is 5.82 Å². The molecule has 1 aliphatic rings. The van der Waals surface area contributed by atoms with Crippen LogP contribution in [0.15, 0.2) is 60.9 Å². The van der Waals surface area contributed by atoms with Gasteiger partial charge in [-0.2, -0.15) is 4.52 Å². The minimum atomic E-state index is 0.479. The maximum Gasteiger partial charge on any atom is 0.177 e. The summed E-state index contributed by atoms with van der Waals surface area (Å²) in [5.74, 6) is 1.01. The topological polar surface area (TPSA) is 46.3 Å². The minimum Gasteiger partial charge on any atom is -0.352 e. The summed E-state index contributed by atoms with van der Waals surface area (Å²) in [6.07, 6.45) is 5.11. The van der Waals surface area contributed by atoms with E-state index in [4.69, 9.17) is 0 Å². The van der Waals surface area contributed by atoms with Crippen molar-refractivity contribution in [2.45, 2.75) is 25.3 Å². The van der Waals surface area contributed by atoms with E-state index >= 15 is 0 Å². The van der Waals surface area contributed by atoms with Crippen molar-refractivity contribution in [3.63, 3.8) is 0 Å². The van der Waals surface area contributed by atoms with Gasteiger partial charge in [0, 0.05) is 12.6 Å². The lowest BCUT2D eigenvalue weighted by Crippen LogP contribution is -2.32. The van der Waals surface area contributed by atoms with Crippen LogP contribution in [0.25, 0.3) is 16.4 Å². The highest BCUT2D eigenvalue weighted by atomic mass is 15.4. The van der Waals surface area contributed by atoms with Crippen LogP contribution in [0.5, 0.6) is 0 Å². The summed E-state index contributed by atoms with van der Waals surface area (Å²) in [4.78, 5) is 2.43. The van der Waals surface area contributed by atoms with Crippen LogP contribution in [0, 0.1) is 0 Å². The van der Waals surface area contributed by atoms with Crippen molar-refractivity contribution in [2.75, 3.05) is 11.4 Å². The van der Waals surface area contributed by atoms with Gasteiger partial charge < -0.3 is 4.90 Å². The molecule has 2 aromatic carbocycles. The normalized spacial score (nSPS) is 17.6. The number of hydrogen-bond acceptors (Lipinski definition) is 4. The van der Waals surface area contributed by atoms with Gasteiger partial charge in [-0.1, -0.05) is 42.5 Å². The van der Waals surface area contributed by atoms with E-state index in [9.17, 15) is 0 Å². The average molecular weight is 329 g/mol. The number of fused-ring (bicyclic) bond motifs is 2. The average Bonchev–Trinajstić information content (AvgIpc) is 3.30. The van der Waals surface area contributed by atoms with Crippen LogP contribution in [0.3, 0.4) is 0 Å². The molecule has 5 rings (SSSR count). The molecule has 25 heavy (non-hydrogen) atoms. The molecule has 1 unspecified atom stereocenters. The summed E-state index contributed by atoms with van der Waals surface area (Å²) in [7, 11) is 0. The van der Waals surface area contributed by atoms with Crippen molar-refractivity contribution in [1.29, 1.82) is 0 Å². The van der Waals surface area contributed by atoms with Gasteiger partial charge in [0.15, 0.2) is 5.65 Å². The molecule has 5 heteroatoms. The van der Waals surface area contributed by atoms with E-state index in [-0.39, 0.29) is 0 Å². The Kier molecular flexibility index (Phi) is 3.37. The third-order valence-electron chi connectivity index (χ3n) is 5.15. The van der Waals surface area contributed by atoms with Crippen molar-refractivity contribution < 1.29 is 0 Å². The zero-order chi connectivity index (χ0) is 16.6. The highest BCUT2D eigenvalue weighted by molar-refractivity contribution is 5.85. The van der Waals surface area contributed by atoms with Gasteiger partial charge in [0.05, 0.1) is 0 Å². The summed E-state index contributed by atoms with van der Waals surface area (Å²) in [6, 6.07) is 19.8. The van der Waals surface area contributed by atoms with E-state index in [2.05, 4.69) is 68.7 Å². The summed E-state index contributed by atoms with van der Waals surface area (Å²) in [6.45, 7) is 1.05. The Morgan fingerprint density at radius 2 is 1.92 bits per heavy atom. The van der Waals surface area contributed by atoms with E-state index in [0.29, 0.717) is 6.04 Å². The third kappa shape index (κ3) is 2.52. The molecule has 0 spiro atoms. The third-order valence-corrected chi connectivity index (χ3v) is 5.15. The molecule has 4 aromatic rings. The Bertz CT molecular complexity index is 1030. The van der Waals surface area contributed by atoms with Crippen LogP contribution in [0.2, 0.25) is 0 Å². The predicted molar refractivity (Wildman–Crippen MR) is 98.8 cm³/mol. The number of rotatable bonds is 3. The Morgan fingerprint density at radius 1 is 1.00 bits per heavy atom. The maximum absolute atomic E-state index is 4.69. The molecule has 0 amide bonds. The van der Waals surface area contributed by atoms with Gasteiger partial charge in [0.1, 0.15) is 12.1 Å². The maximum atomic E-state index is 4.69. The number of anilines is 1. The number of nitrogens with zero attached hydrogens (tertiary/aromatic N) is 5. The molecule has 5 nitrogen and oxygen atoms in total. The predicted octanol–water partition coefficient (Wildman–Crippen LogP) is 3.49. The van der Waals surface area contributed by atoms with Gasteiger partial charge >= 0.3 is 0 Å². The fourth-order valence-corrected chi connectivity index (χ4v) is 3.95. The Labute approximate surface area is 145 Å². The highest BCUT2D eigenvalue weighted by Gasteiger charge is 2.26. The second-order valence-electron chi connectivity index (χ2n) is 6.66. The molecule has 1 atom stereocenters. The zero-order valence-electron chi connectivity index (χ0n) is 13.9. The molecule has 0 N–H and O–H groups in total. The monoisotopic (exact) mass is 329 g/mol. The fraction of sp³-hybridized carbons (Fsp3) is 0.250. The minimum absolute atomic E-state index is 0.479. The van der Waals surface area contributed by atoms with E-state index in [1.165, 1.54) is 29.2 Å². The standard InChI is InChI=1S/C20H19N5/c1-2-9-18-15(5-1)6-3-7-16(18)13-17-8-4-12-24(17)20-11-10-19-22-21-14-25(19)23-20/h1-3,5-7,9-11,14,17H,4,8,12-13H2. The van der Waals surface area contributed by atoms with Crippen LogP contribution in [-0.2, 0) is 6.42 Å². The number of benzene rings is 2. The Morgan fingerprint density at radius 3 is 2.92 bits per heavy atom. The molecular formula is C20H19N5. The molecule has 0 aliphatic carbocycles. The molecule has 0 bridgehead atoms. The van der Waals surface area contributed by atoms with Crippen LogP contribution >= 0.6 is 0 Å². The lowest BCUT2D eigenvalue weighted by molar-refractivity contribution is 0.654. The first-order valence-electron chi connectivity index (χ1n) is 8.79. The van der Waals surface area contributed by atoms with Gasteiger partial charge in [0.2, 0.25) is 0 Å². The molecule has 2 aromatic heterocycles. The fourth-order valence-electron chi connectivity index (χ4n) is 3.95. The zero-order valence-corrected chi connectivity index (χ0v) is 13.9. The second kappa shape index (κ2) is 5.84. The molecule has 0 radical (unpaired) electrons. The first-order valence-corrected chi connectivity index (χ1v) is 8.79. The molecule has 1 saturated heterocycles. The van der Waals surface area contributed by atoms with Crippen molar-refractivity contribution in [3.05, 3.63) is 66.5 Å². The lowest BCUT2D eigenvalue weighted by Gasteiger charge is -2.26. The summed E-state index contributed by atoms with van der Waals surface area (Å²) < 4.78 is 1.75. The Balaban J connectivity index is 1.48. The Hall–Kier alpha value is -2.95. The smallest absolute Gasteiger partial charge is 0.177 e. The lowest BCUT2D eigenvalue weighted by atomic mass is 9.98. The summed E-state index contributed by atoms with van der Waals surface area (Å²) in [5.41, 5.74) is 2.20. The van der Waals surface area contributed by atoms with Crippen molar-refractivity contribution >= 4 is 22.2 Å². The van der Waals surface area contributed by atoms with Crippen LogP contribution in [0.1, 0.15) is 18.4 Å². The van der Waals surface area contributed by atoms with Crippen molar-refractivity contribution in [2.24, 2.45) is 0 Å². The van der Waals surface area contributed by atoms with Crippen molar-refractivity contribution in [1.82, 2.24) is 19.8 Å².